The second kappa shape index (κ2) is 8.21. The number of piperidine rings is 1. The Morgan fingerprint density at radius 2 is 1.87 bits per heavy atom. The topological polar surface area (TPSA) is 88.2 Å². The van der Waals surface area contributed by atoms with Crippen LogP contribution in [-0.2, 0) is 9.53 Å². The van der Waals surface area contributed by atoms with Gasteiger partial charge >= 0.3 is 5.97 Å². The molecule has 0 bridgehead atoms. The molecule has 0 aliphatic carbocycles. The summed E-state index contributed by atoms with van der Waals surface area (Å²) in [4.78, 5) is 30.5. The first kappa shape index (κ1) is 20.0. The van der Waals surface area contributed by atoms with Crippen LogP contribution >= 0.6 is 0 Å². The summed E-state index contributed by atoms with van der Waals surface area (Å²) < 4.78 is 37.2. The normalized spacial score (nSPS) is 19.4. The summed E-state index contributed by atoms with van der Waals surface area (Å²) in [5.74, 6) is -2.43. The van der Waals surface area contributed by atoms with Crippen LogP contribution in [0.4, 0.5) is 14.8 Å². The van der Waals surface area contributed by atoms with Gasteiger partial charge in [-0.1, -0.05) is 0 Å². The molecule has 2 aromatic rings. The molecule has 4 rings (SSSR count). The van der Waals surface area contributed by atoms with Gasteiger partial charge in [0.05, 0.1) is 19.3 Å². The average molecular weight is 418 g/mol. The van der Waals surface area contributed by atoms with Crippen molar-refractivity contribution in [3.05, 3.63) is 47.4 Å². The predicted octanol–water partition coefficient (Wildman–Crippen LogP) is 2.92. The van der Waals surface area contributed by atoms with Gasteiger partial charge in [-0.05, 0) is 30.5 Å². The standard InChI is InChI=1S/C20H20F2N4O4/c1-29-19(28)17-11-23-20(30-17)25-6-3-12(4-7-25)18(27)26-16(2-5-24-26)13-8-14(21)10-15(22)9-13/h5,8-12,16H,2-4,6-7H2,1H3. The van der Waals surface area contributed by atoms with E-state index in [-0.39, 0.29) is 17.6 Å². The molecule has 8 nitrogen and oxygen atoms in total. The molecule has 1 aromatic carbocycles. The number of ether oxygens (including phenoxy) is 1. The summed E-state index contributed by atoms with van der Waals surface area (Å²) in [6.45, 7) is 1.02. The fourth-order valence-corrected chi connectivity index (χ4v) is 3.78. The number of halogens is 2. The second-order valence-corrected chi connectivity index (χ2v) is 7.20. The van der Waals surface area contributed by atoms with Gasteiger partial charge in [-0.3, -0.25) is 4.79 Å². The molecule has 1 amide bonds. The number of benzene rings is 1. The van der Waals surface area contributed by atoms with E-state index in [1.807, 2.05) is 4.90 Å². The van der Waals surface area contributed by atoms with Crippen LogP contribution in [0.25, 0.3) is 0 Å². The van der Waals surface area contributed by atoms with Gasteiger partial charge in [0.25, 0.3) is 6.01 Å². The van der Waals surface area contributed by atoms with Crippen molar-refractivity contribution in [3.63, 3.8) is 0 Å². The van der Waals surface area contributed by atoms with Crippen molar-refractivity contribution in [1.82, 2.24) is 9.99 Å². The number of carbonyl (C=O) groups is 2. The number of hydrazone groups is 1. The van der Waals surface area contributed by atoms with Crippen LogP contribution in [0, 0.1) is 17.6 Å². The molecule has 2 aliphatic rings. The zero-order chi connectivity index (χ0) is 21.3. The zero-order valence-corrected chi connectivity index (χ0v) is 16.3. The van der Waals surface area contributed by atoms with Gasteiger partial charge in [-0.25, -0.2) is 23.6 Å². The minimum atomic E-state index is -0.685. The fourth-order valence-electron chi connectivity index (χ4n) is 3.78. The third-order valence-corrected chi connectivity index (χ3v) is 5.32. The number of hydrogen-bond acceptors (Lipinski definition) is 7. The quantitative estimate of drug-likeness (QED) is 0.710. The van der Waals surface area contributed by atoms with Gasteiger partial charge in [0, 0.05) is 37.7 Å². The van der Waals surface area contributed by atoms with Gasteiger partial charge < -0.3 is 14.1 Å². The number of anilines is 1. The summed E-state index contributed by atoms with van der Waals surface area (Å²) in [6, 6.07) is 3.04. The molecule has 1 fully saturated rings. The van der Waals surface area contributed by atoms with Crippen LogP contribution in [0.15, 0.2) is 33.9 Å². The molecule has 158 valence electrons. The van der Waals surface area contributed by atoms with Crippen molar-refractivity contribution in [2.24, 2.45) is 11.0 Å². The lowest BCUT2D eigenvalue weighted by molar-refractivity contribution is -0.138. The Hall–Kier alpha value is -3.30. The third kappa shape index (κ3) is 3.89. The van der Waals surface area contributed by atoms with Crippen molar-refractivity contribution in [1.29, 1.82) is 0 Å². The summed E-state index contributed by atoms with van der Waals surface area (Å²) in [6.07, 6.45) is 4.36. The minimum Gasteiger partial charge on any atom is -0.463 e. The van der Waals surface area contributed by atoms with E-state index in [4.69, 9.17) is 4.42 Å². The van der Waals surface area contributed by atoms with Crippen molar-refractivity contribution < 1.29 is 27.5 Å². The number of nitrogens with zero attached hydrogens (tertiary/aromatic N) is 4. The van der Waals surface area contributed by atoms with E-state index in [2.05, 4.69) is 14.8 Å². The van der Waals surface area contributed by atoms with Crippen LogP contribution in [0.3, 0.4) is 0 Å². The number of amides is 1. The van der Waals surface area contributed by atoms with E-state index in [1.54, 1.807) is 6.21 Å². The summed E-state index contributed by atoms with van der Waals surface area (Å²) in [5.41, 5.74) is 0.380. The Bertz CT molecular complexity index is 965. The third-order valence-electron chi connectivity index (χ3n) is 5.32. The molecule has 0 saturated carbocycles. The number of hydrogen-bond donors (Lipinski definition) is 0. The van der Waals surface area contributed by atoms with Gasteiger partial charge in [-0.2, -0.15) is 5.10 Å². The first-order chi connectivity index (χ1) is 14.5. The largest absolute Gasteiger partial charge is 0.463 e. The van der Waals surface area contributed by atoms with Gasteiger partial charge in [0.2, 0.25) is 11.7 Å². The van der Waals surface area contributed by atoms with E-state index >= 15 is 0 Å². The molecule has 2 aliphatic heterocycles. The molecule has 0 N–H and O–H groups in total. The molecule has 10 heteroatoms. The summed E-state index contributed by atoms with van der Waals surface area (Å²) in [5, 5.41) is 5.48. The molecule has 3 heterocycles. The first-order valence-electron chi connectivity index (χ1n) is 9.57. The van der Waals surface area contributed by atoms with Crippen molar-refractivity contribution in [3.8, 4) is 0 Å². The van der Waals surface area contributed by atoms with E-state index in [0.29, 0.717) is 43.9 Å². The highest BCUT2D eigenvalue weighted by molar-refractivity contribution is 5.86. The lowest BCUT2D eigenvalue weighted by atomic mass is 9.94. The lowest BCUT2D eigenvalue weighted by Gasteiger charge is -2.33. The lowest BCUT2D eigenvalue weighted by Crippen LogP contribution is -2.41. The number of esters is 1. The minimum absolute atomic E-state index is 0.0160. The molecule has 30 heavy (non-hydrogen) atoms. The molecule has 0 spiro atoms. The summed E-state index contributed by atoms with van der Waals surface area (Å²) in [7, 11) is 1.26. The molecule has 1 aromatic heterocycles. The van der Waals surface area contributed by atoms with Gasteiger partial charge in [-0.15, -0.1) is 0 Å². The highest BCUT2D eigenvalue weighted by Gasteiger charge is 2.35. The summed E-state index contributed by atoms with van der Waals surface area (Å²) >= 11 is 0. The molecule has 1 unspecified atom stereocenters. The molecule has 0 radical (unpaired) electrons. The fraction of sp³-hybridized carbons (Fsp3) is 0.400. The van der Waals surface area contributed by atoms with Crippen LogP contribution < -0.4 is 4.90 Å². The number of oxazole rings is 1. The molecule has 1 atom stereocenters. The van der Waals surface area contributed by atoms with E-state index < -0.39 is 23.6 Å². The molecular formula is C20H20F2N4O4. The number of aromatic nitrogens is 1. The van der Waals surface area contributed by atoms with E-state index in [1.165, 1.54) is 30.4 Å². The van der Waals surface area contributed by atoms with Gasteiger partial charge in [0.1, 0.15) is 11.6 Å². The Morgan fingerprint density at radius 1 is 1.17 bits per heavy atom. The van der Waals surface area contributed by atoms with Crippen molar-refractivity contribution in [2.75, 3.05) is 25.1 Å². The smallest absolute Gasteiger partial charge is 0.375 e. The Morgan fingerprint density at radius 3 is 2.53 bits per heavy atom. The monoisotopic (exact) mass is 418 g/mol. The number of rotatable bonds is 4. The maximum atomic E-state index is 13.6. The van der Waals surface area contributed by atoms with Crippen LogP contribution in [-0.4, -0.2) is 48.3 Å². The van der Waals surface area contributed by atoms with Crippen molar-refractivity contribution >= 4 is 24.1 Å². The second-order valence-electron chi connectivity index (χ2n) is 7.20. The van der Waals surface area contributed by atoms with Crippen LogP contribution in [0.5, 0.6) is 0 Å². The Kier molecular flexibility index (Phi) is 5.47. The highest BCUT2D eigenvalue weighted by Crippen LogP contribution is 2.33. The molecular weight excluding hydrogens is 398 g/mol. The van der Waals surface area contributed by atoms with Crippen LogP contribution in [0.2, 0.25) is 0 Å². The Balaban J connectivity index is 1.40. The average Bonchev–Trinajstić information content (AvgIpc) is 3.42. The van der Waals surface area contributed by atoms with E-state index in [9.17, 15) is 18.4 Å². The maximum Gasteiger partial charge on any atom is 0.375 e. The first-order valence-corrected chi connectivity index (χ1v) is 9.57. The highest BCUT2D eigenvalue weighted by atomic mass is 19.1. The maximum absolute atomic E-state index is 13.6. The van der Waals surface area contributed by atoms with Crippen molar-refractivity contribution in [2.45, 2.75) is 25.3 Å². The zero-order valence-electron chi connectivity index (χ0n) is 16.3. The SMILES string of the molecule is COC(=O)c1cnc(N2CCC(C(=O)N3N=CCC3c3cc(F)cc(F)c3)CC2)o1. The van der Waals surface area contributed by atoms with Gasteiger partial charge in [0.15, 0.2) is 0 Å². The number of carbonyl (C=O) groups excluding carboxylic acids is 2. The van der Waals surface area contributed by atoms with Crippen LogP contribution in [0.1, 0.15) is 41.4 Å². The Labute approximate surface area is 171 Å². The number of methoxy groups -OCH3 is 1. The molecule has 1 saturated heterocycles. The van der Waals surface area contributed by atoms with E-state index in [0.717, 1.165) is 6.07 Å². The predicted molar refractivity (Wildman–Crippen MR) is 102 cm³/mol.